The summed E-state index contributed by atoms with van der Waals surface area (Å²) >= 11 is 0. The number of ether oxygens (including phenoxy) is 1. The van der Waals surface area contributed by atoms with Gasteiger partial charge in [-0.2, -0.15) is 4.98 Å². The minimum Gasteiger partial charge on any atom is -0.382 e. The minimum absolute atomic E-state index is 0.0647. The van der Waals surface area contributed by atoms with Gasteiger partial charge in [0, 0.05) is 13.5 Å². The molecule has 0 bridgehead atoms. The van der Waals surface area contributed by atoms with Crippen LogP contribution in [0.3, 0.4) is 0 Å². The number of methoxy groups -OCH3 is 1. The van der Waals surface area contributed by atoms with Crippen LogP contribution in [0.2, 0.25) is 0 Å². The Morgan fingerprint density at radius 2 is 2.08 bits per heavy atom. The highest BCUT2D eigenvalue weighted by molar-refractivity contribution is 6.06. The van der Waals surface area contributed by atoms with Gasteiger partial charge in [0.05, 0.1) is 6.61 Å². The zero-order valence-electron chi connectivity index (χ0n) is 14.4. The third kappa shape index (κ3) is 3.39. The summed E-state index contributed by atoms with van der Waals surface area (Å²) in [5, 5.41) is 6.56. The van der Waals surface area contributed by atoms with E-state index < -0.39 is 11.6 Å². The summed E-state index contributed by atoms with van der Waals surface area (Å²) in [5.74, 6) is 0.350. The van der Waals surface area contributed by atoms with Crippen LogP contribution in [0.4, 0.5) is 4.79 Å². The summed E-state index contributed by atoms with van der Waals surface area (Å²) in [5.41, 5.74) is 1.16. The van der Waals surface area contributed by atoms with E-state index in [1.165, 1.54) is 7.11 Å². The number of urea groups is 1. The number of imide groups is 1. The molecule has 0 unspecified atom stereocenters. The summed E-state index contributed by atoms with van der Waals surface area (Å²) in [6, 6.07) is 7.44. The van der Waals surface area contributed by atoms with Crippen molar-refractivity contribution in [3.8, 4) is 0 Å². The molecule has 0 spiro atoms. The Labute approximate surface area is 145 Å². The predicted octanol–water partition coefficient (Wildman–Crippen LogP) is 1.43. The van der Waals surface area contributed by atoms with Crippen LogP contribution in [-0.2, 0) is 22.5 Å². The number of benzene rings is 1. The van der Waals surface area contributed by atoms with Gasteiger partial charge in [-0.25, -0.2) is 4.79 Å². The second kappa shape index (κ2) is 6.64. The van der Waals surface area contributed by atoms with E-state index in [9.17, 15) is 9.59 Å². The quantitative estimate of drug-likeness (QED) is 0.796. The second-order valence-electron chi connectivity index (χ2n) is 6.29. The third-order valence-electron chi connectivity index (χ3n) is 4.19. The normalized spacial score (nSPS) is 20.2. The van der Waals surface area contributed by atoms with Crippen molar-refractivity contribution in [1.29, 1.82) is 0 Å². The van der Waals surface area contributed by atoms with E-state index in [1.54, 1.807) is 6.92 Å². The van der Waals surface area contributed by atoms with Crippen molar-refractivity contribution in [2.45, 2.75) is 32.4 Å². The van der Waals surface area contributed by atoms with Gasteiger partial charge in [0.2, 0.25) is 5.89 Å². The van der Waals surface area contributed by atoms with E-state index in [1.807, 2.05) is 31.2 Å². The van der Waals surface area contributed by atoms with E-state index in [0.29, 0.717) is 12.2 Å². The molecule has 25 heavy (non-hydrogen) atoms. The Morgan fingerprint density at radius 3 is 2.80 bits per heavy atom. The molecule has 8 heteroatoms. The molecule has 1 atom stereocenters. The van der Waals surface area contributed by atoms with Gasteiger partial charge in [-0.15, -0.1) is 0 Å². The van der Waals surface area contributed by atoms with Crippen molar-refractivity contribution in [3.05, 3.63) is 47.1 Å². The molecule has 3 rings (SSSR count). The molecule has 0 radical (unpaired) electrons. The topological polar surface area (TPSA) is 97.6 Å². The van der Waals surface area contributed by atoms with E-state index in [4.69, 9.17) is 9.26 Å². The van der Waals surface area contributed by atoms with E-state index in [2.05, 4.69) is 15.5 Å². The molecule has 0 aliphatic carbocycles. The Morgan fingerprint density at radius 1 is 1.32 bits per heavy atom. The number of hydrogen-bond acceptors (Lipinski definition) is 6. The van der Waals surface area contributed by atoms with Gasteiger partial charge >= 0.3 is 6.03 Å². The lowest BCUT2D eigenvalue weighted by molar-refractivity contribution is -0.133. The molecule has 8 nitrogen and oxygen atoms in total. The Balaban J connectivity index is 1.70. The SMILES string of the molecule is COC[C@@]1(C)NC(=O)N(Cc2nc(Cc3ccccc3C)no2)C1=O. The van der Waals surface area contributed by atoms with Gasteiger partial charge in [0.25, 0.3) is 5.91 Å². The van der Waals surface area contributed by atoms with E-state index in [-0.39, 0.29) is 24.9 Å². The zero-order chi connectivity index (χ0) is 18.0. The number of nitrogens with one attached hydrogen (secondary N) is 1. The van der Waals surface area contributed by atoms with Gasteiger partial charge in [-0.05, 0) is 25.0 Å². The number of aryl methyl sites for hydroxylation is 1. The molecule has 132 valence electrons. The first kappa shape index (κ1) is 17.1. The summed E-state index contributed by atoms with van der Waals surface area (Å²) in [6.45, 7) is 3.66. The molecule has 1 aromatic carbocycles. The molecule has 1 fully saturated rings. The van der Waals surface area contributed by atoms with Crippen molar-refractivity contribution in [1.82, 2.24) is 20.4 Å². The first-order valence-corrected chi connectivity index (χ1v) is 7.92. The summed E-state index contributed by atoms with van der Waals surface area (Å²) in [6.07, 6.45) is 0.526. The number of amides is 3. The predicted molar refractivity (Wildman–Crippen MR) is 87.6 cm³/mol. The fourth-order valence-electron chi connectivity index (χ4n) is 2.82. The summed E-state index contributed by atoms with van der Waals surface area (Å²) in [4.78, 5) is 29.9. The average Bonchev–Trinajstić information content (AvgIpc) is 3.08. The maximum absolute atomic E-state index is 12.4. The second-order valence-corrected chi connectivity index (χ2v) is 6.29. The van der Waals surface area contributed by atoms with Crippen LogP contribution in [0, 0.1) is 6.92 Å². The van der Waals surface area contributed by atoms with Crippen molar-refractivity contribution in [2.24, 2.45) is 0 Å². The molecule has 0 saturated carbocycles. The molecule has 1 aliphatic rings. The lowest BCUT2D eigenvalue weighted by Gasteiger charge is -2.19. The first-order valence-electron chi connectivity index (χ1n) is 7.92. The van der Waals surface area contributed by atoms with E-state index in [0.717, 1.165) is 16.0 Å². The largest absolute Gasteiger partial charge is 0.382 e. The number of rotatable bonds is 6. The molecule has 1 aromatic heterocycles. The molecule has 1 N–H and O–H groups in total. The van der Waals surface area contributed by atoms with Gasteiger partial charge in [-0.1, -0.05) is 29.4 Å². The standard InChI is InChI=1S/C17H20N4O4/c1-11-6-4-5-7-12(11)8-13-18-14(25-20-13)9-21-15(22)17(2,10-24-3)19-16(21)23/h4-7H,8-10H2,1-3H3,(H,19,23)/t17-/m1/s1. The highest BCUT2D eigenvalue weighted by atomic mass is 16.5. The van der Waals surface area contributed by atoms with Gasteiger partial charge in [0.15, 0.2) is 5.82 Å². The minimum atomic E-state index is -1.07. The number of carbonyl (C=O) groups is 2. The van der Waals surface area contributed by atoms with Crippen LogP contribution >= 0.6 is 0 Å². The first-order chi connectivity index (χ1) is 11.9. The smallest absolute Gasteiger partial charge is 0.325 e. The number of aromatic nitrogens is 2. The molecular weight excluding hydrogens is 324 g/mol. The van der Waals surface area contributed by atoms with Crippen molar-refractivity contribution < 1.29 is 18.8 Å². The molecule has 1 saturated heterocycles. The molecule has 2 heterocycles. The van der Waals surface area contributed by atoms with E-state index >= 15 is 0 Å². The van der Waals surface area contributed by atoms with Gasteiger partial charge in [0.1, 0.15) is 12.1 Å². The summed E-state index contributed by atoms with van der Waals surface area (Å²) < 4.78 is 10.2. The maximum Gasteiger partial charge on any atom is 0.325 e. The third-order valence-corrected chi connectivity index (χ3v) is 4.19. The van der Waals surface area contributed by atoms with Crippen LogP contribution in [0.25, 0.3) is 0 Å². The van der Waals surface area contributed by atoms with Crippen LogP contribution in [0.15, 0.2) is 28.8 Å². The zero-order valence-corrected chi connectivity index (χ0v) is 14.4. The fraction of sp³-hybridized carbons (Fsp3) is 0.412. The lowest BCUT2D eigenvalue weighted by Crippen LogP contribution is -2.47. The van der Waals surface area contributed by atoms with Crippen molar-refractivity contribution in [3.63, 3.8) is 0 Å². The van der Waals surface area contributed by atoms with Crippen LogP contribution in [0.5, 0.6) is 0 Å². The van der Waals surface area contributed by atoms with Crippen LogP contribution in [-0.4, -0.2) is 46.2 Å². The van der Waals surface area contributed by atoms with Crippen molar-refractivity contribution in [2.75, 3.05) is 13.7 Å². The highest BCUT2D eigenvalue weighted by Crippen LogP contribution is 2.20. The fourth-order valence-corrected chi connectivity index (χ4v) is 2.82. The van der Waals surface area contributed by atoms with Crippen LogP contribution < -0.4 is 5.32 Å². The van der Waals surface area contributed by atoms with Gasteiger partial charge < -0.3 is 14.6 Å². The average molecular weight is 344 g/mol. The number of nitrogens with zero attached hydrogens (tertiary/aromatic N) is 3. The maximum atomic E-state index is 12.4. The Hall–Kier alpha value is -2.74. The number of carbonyl (C=O) groups excluding carboxylic acids is 2. The van der Waals surface area contributed by atoms with Crippen LogP contribution in [0.1, 0.15) is 29.8 Å². The molecule has 2 aromatic rings. The monoisotopic (exact) mass is 344 g/mol. The summed E-state index contributed by atoms with van der Waals surface area (Å²) in [7, 11) is 1.48. The molecule has 3 amide bonds. The highest BCUT2D eigenvalue weighted by Gasteiger charge is 2.48. The van der Waals surface area contributed by atoms with Gasteiger partial charge in [-0.3, -0.25) is 9.69 Å². The molecular formula is C17H20N4O4. The number of hydrogen-bond donors (Lipinski definition) is 1. The van der Waals surface area contributed by atoms with Crippen molar-refractivity contribution >= 4 is 11.9 Å². The lowest BCUT2D eigenvalue weighted by atomic mass is 10.0. The molecule has 1 aliphatic heterocycles. The Bertz CT molecular complexity index is 803. The Kier molecular flexibility index (Phi) is 4.54.